The monoisotopic (exact) mass is 493 g/mol. The van der Waals surface area contributed by atoms with Crippen LogP contribution in [0.15, 0.2) is 0 Å². The van der Waals surface area contributed by atoms with Gasteiger partial charge in [0.25, 0.3) is 0 Å². The Morgan fingerprint density at radius 2 is 0.828 bits per heavy atom. The summed E-state index contributed by atoms with van der Waals surface area (Å²) in [6.45, 7) is 46.8. The second kappa shape index (κ2) is 7.88. The molecular weight excluding hydrogens is 439 g/mol. The normalized spacial score (nSPS) is 27.2. The second-order valence-corrected chi connectivity index (χ2v) is 45.1. The molecule has 0 aromatic heterocycles. The minimum atomic E-state index is -1.62. The van der Waals surface area contributed by atoms with Gasteiger partial charge in [0.05, 0.1) is 0 Å². The summed E-state index contributed by atoms with van der Waals surface area (Å²) >= 11 is 0. The van der Waals surface area contributed by atoms with Crippen LogP contribution in [0.1, 0.15) is 104 Å². The number of hydrogen-bond acceptors (Lipinski definition) is 1. The Hall–Kier alpha value is 1.68. The van der Waals surface area contributed by atoms with E-state index >= 15 is 0 Å². The van der Waals surface area contributed by atoms with Gasteiger partial charge >= 0.3 is 0 Å². The SMILES string of the molecule is CC(C)(C)N(P1P(C(C)(C)C)[Si](C(C)(C)C)(C(C)(C)C)P1C(C)(C)C)[Si](C)(C)C. The molecule has 2 unspecified atom stereocenters. The summed E-state index contributed by atoms with van der Waals surface area (Å²) in [5, 5.41) is 1.76. The van der Waals surface area contributed by atoms with Crippen molar-refractivity contribution in [2.45, 2.75) is 149 Å². The van der Waals surface area contributed by atoms with Gasteiger partial charge in [-0.25, -0.2) is 0 Å². The molecule has 2 atom stereocenters. The highest BCUT2D eigenvalue weighted by atomic mass is 32.7. The van der Waals surface area contributed by atoms with Gasteiger partial charge in [0.15, 0.2) is 0 Å². The molecule has 1 aliphatic heterocycles. The van der Waals surface area contributed by atoms with Crippen LogP contribution in [0, 0.1) is 0 Å². The lowest BCUT2D eigenvalue weighted by Gasteiger charge is -2.79. The van der Waals surface area contributed by atoms with Gasteiger partial charge in [-0.15, -0.1) is 0 Å². The van der Waals surface area contributed by atoms with E-state index in [-0.39, 0.29) is 27.3 Å². The predicted molar refractivity (Wildman–Crippen MR) is 150 cm³/mol. The summed E-state index contributed by atoms with van der Waals surface area (Å²) in [6, 6.07) is 0. The molecule has 0 aromatic rings. The van der Waals surface area contributed by atoms with Crippen LogP contribution < -0.4 is 0 Å². The molecule has 29 heavy (non-hydrogen) atoms. The molecule has 0 amide bonds. The molecule has 1 saturated heterocycles. The molecule has 1 nitrogen and oxygen atoms in total. The Morgan fingerprint density at radius 3 is 0.966 bits per heavy atom. The number of nitrogens with zero attached hydrogens (tertiary/aromatic N) is 1. The van der Waals surface area contributed by atoms with Crippen molar-refractivity contribution in [2.24, 2.45) is 0 Å². The first-order valence-electron chi connectivity index (χ1n) is 11.4. The average molecular weight is 494 g/mol. The van der Waals surface area contributed by atoms with E-state index in [1.807, 2.05) is 0 Å². The highest BCUT2D eigenvalue weighted by Gasteiger charge is 2.78. The third kappa shape index (κ3) is 4.97. The molecule has 0 saturated carbocycles. The predicted octanol–water partition coefficient (Wildman–Crippen LogP) is 10.8. The maximum absolute atomic E-state index is 3.19. The quantitative estimate of drug-likeness (QED) is 0.273. The molecule has 0 radical (unpaired) electrons. The van der Waals surface area contributed by atoms with Gasteiger partial charge in [-0.1, -0.05) is 117 Å². The van der Waals surface area contributed by atoms with Crippen LogP contribution >= 0.6 is 21.8 Å². The van der Waals surface area contributed by atoms with E-state index in [1.165, 1.54) is 0 Å². The molecule has 0 bridgehead atoms. The standard InChI is InChI=1S/C23H54NP3Si2/c1-19(2,3)24(28(16,17)18)27-25(20(4,5)6)29(22(10,11)12,23(13,14)15)26(27)21(7,8)9/h1-18H3. The first-order chi connectivity index (χ1) is 12.2. The van der Waals surface area contributed by atoms with E-state index in [9.17, 15) is 0 Å². The van der Waals surface area contributed by atoms with Crippen LogP contribution in [-0.4, -0.2) is 35.8 Å². The maximum atomic E-state index is 3.19. The second-order valence-electron chi connectivity index (χ2n) is 15.1. The van der Waals surface area contributed by atoms with Crippen LogP contribution in [0.4, 0.5) is 0 Å². The van der Waals surface area contributed by atoms with Crippen molar-refractivity contribution in [3.8, 4) is 0 Å². The summed E-state index contributed by atoms with van der Waals surface area (Å²) < 4.78 is 3.19. The van der Waals surface area contributed by atoms with Crippen molar-refractivity contribution in [1.29, 1.82) is 0 Å². The fourth-order valence-corrected chi connectivity index (χ4v) is 93.6. The number of rotatable bonds is 2. The van der Waals surface area contributed by atoms with Gasteiger partial charge in [-0.3, -0.25) is 4.34 Å². The van der Waals surface area contributed by atoms with Crippen LogP contribution in [0.3, 0.4) is 0 Å². The average Bonchev–Trinajstić information content (AvgIpc) is 2.21. The maximum Gasteiger partial charge on any atom is 0.132 e. The van der Waals surface area contributed by atoms with Crippen molar-refractivity contribution in [2.75, 3.05) is 0 Å². The molecular formula is C23H54NP3Si2. The van der Waals surface area contributed by atoms with Crippen molar-refractivity contribution in [3.05, 3.63) is 0 Å². The zero-order chi connectivity index (χ0) is 23.8. The molecule has 174 valence electrons. The van der Waals surface area contributed by atoms with E-state index in [0.717, 1.165) is 0 Å². The molecule has 6 heteroatoms. The molecule has 0 aromatic carbocycles. The van der Waals surface area contributed by atoms with Gasteiger partial charge in [0.1, 0.15) is 15.6 Å². The zero-order valence-electron chi connectivity index (χ0n) is 23.3. The Morgan fingerprint density at radius 1 is 0.552 bits per heavy atom. The summed E-state index contributed by atoms with van der Waals surface area (Å²) in [5.74, 6) is 0. The molecule has 1 heterocycles. The van der Waals surface area contributed by atoms with Gasteiger partial charge < -0.3 is 0 Å². The molecule has 0 N–H and O–H groups in total. The first-order valence-corrected chi connectivity index (χ1v) is 24.0. The Kier molecular flexibility index (Phi) is 7.80. The van der Waals surface area contributed by atoms with Crippen molar-refractivity contribution in [1.82, 2.24) is 4.34 Å². The minimum absolute atomic E-state index is 0.00444. The Balaban J connectivity index is 4.06. The number of hydrogen-bond donors (Lipinski definition) is 0. The summed E-state index contributed by atoms with van der Waals surface area (Å²) in [6.07, 6.45) is 0. The van der Waals surface area contributed by atoms with E-state index < -0.39 is 15.6 Å². The van der Waals surface area contributed by atoms with Crippen molar-refractivity contribution >= 4 is 37.4 Å². The largest absolute Gasteiger partial charge is 0.292 e. The molecule has 0 aliphatic carbocycles. The topological polar surface area (TPSA) is 3.24 Å². The molecule has 1 aliphatic rings. The third-order valence-corrected chi connectivity index (χ3v) is 64.8. The summed E-state index contributed by atoms with van der Waals surface area (Å²) in [5.41, 5.74) is 0.268. The third-order valence-electron chi connectivity index (χ3n) is 5.78. The van der Waals surface area contributed by atoms with Crippen molar-refractivity contribution in [3.63, 3.8) is 0 Å². The van der Waals surface area contributed by atoms with E-state index in [0.29, 0.717) is 20.4 Å². The van der Waals surface area contributed by atoms with Gasteiger partial charge in [0.2, 0.25) is 0 Å². The van der Waals surface area contributed by atoms with E-state index in [4.69, 9.17) is 0 Å². The fourth-order valence-electron chi connectivity index (χ4n) is 6.03. The van der Waals surface area contributed by atoms with Crippen molar-refractivity contribution < 1.29 is 0 Å². The molecule has 0 spiro atoms. The Labute approximate surface area is 190 Å². The highest BCUT2D eigenvalue weighted by molar-refractivity contribution is 8.91. The highest BCUT2D eigenvalue weighted by Crippen LogP contribution is 3.15. The minimum Gasteiger partial charge on any atom is -0.292 e. The molecule has 1 rings (SSSR count). The summed E-state index contributed by atoms with van der Waals surface area (Å²) in [4.78, 5) is 0. The first kappa shape index (κ1) is 28.7. The van der Waals surface area contributed by atoms with E-state index in [2.05, 4.69) is 128 Å². The Bertz CT molecular complexity index is 541. The van der Waals surface area contributed by atoms with Gasteiger partial charge in [-0.2, -0.15) is 0 Å². The lowest BCUT2D eigenvalue weighted by molar-refractivity contribution is 0.377. The lowest BCUT2D eigenvalue weighted by Crippen LogP contribution is -2.63. The van der Waals surface area contributed by atoms with Crippen LogP contribution in [-0.2, 0) is 0 Å². The van der Waals surface area contributed by atoms with Crippen LogP contribution in [0.25, 0.3) is 0 Å². The molecule has 1 fully saturated rings. The van der Waals surface area contributed by atoms with Crippen LogP contribution in [0.2, 0.25) is 29.7 Å². The van der Waals surface area contributed by atoms with Crippen LogP contribution in [0.5, 0.6) is 0 Å². The van der Waals surface area contributed by atoms with Gasteiger partial charge in [-0.05, 0) is 41.2 Å². The fraction of sp³-hybridized carbons (Fsp3) is 1.00. The van der Waals surface area contributed by atoms with Gasteiger partial charge in [0, 0.05) is 13.0 Å². The van der Waals surface area contributed by atoms with E-state index in [1.54, 1.807) is 0 Å². The summed E-state index contributed by atoms with van der Waals surface area (Å²) in [7, 11) is -3.16. The lowest BCUT2D eigenvalue weighted by atomic mass is 10.1. The zero-order valence-corrected chi connectivity index (χ0v) is 28.0. The smallest absolute Gasteiger partial charge is 0.132 e.